The highest BCUT2D eigenvalue weighted by molar-refractivity contribution is 5.07. The molecule has 1 saturated carbocycles. The summed E-state index contributed by atoms with van der Waals surface area (Å²) in [5.41, 5.74) is 1.29. The van der Waals surface area contributed by atoms with E-state index in [4.69, 9.17) is 0 Å². The first-order valence-electron chi connectivity index (χ1n) is 5.32. The summed E-state index contributed by atoms with van der Waals surface area (Å²) in [4.78, 5) is 0. The molecule has 4 nitrogen and oxygen atoms in total. The van der Waals surface area contributed by atoms with Gasteiger partial charge in [-0.1, -0.05) is 11.6 Å². The Morgan fingerprint density at radius 3 is 3.07 bits per heavy atom. The van der Waals surface area contributed by atoms with Crippen LogP contribution in [0.3, 0.4) is 0 Å². The molecule has 2 rings (SSSR count). The van der Waals surface area contributed by atoms with Gasteiger partial charge in [-0.15, -0.1) is 5.10 Å². The number of aromatic nitrogens is 3. The summed E-state index contributed by atoms with van der Waals surface area (Å²) in [6.45, 7) is 1.11. The number of nitrogens with one attached hydrogen (secondary N) is 1. The number of hydrogen-bond acceptors (Lipinski definition) is 3. The molecule has 2 atom stereocenters. The summed E-state index contributed by atoms with van der Waals surface area (Å²) >= 11 is 0. The first kappa shape index (κ1) is 9.65. The standard InChI is InChI=1S/C10H18N4/c1-11-6-8-4-3-5-9(8)10-7-12-13-14(10)2/h7-9,11H,3-6H2,1-2H3. The molecule has 0 amide bonds. The lowest BCUT2D eigenvalue weighted by atomic mass is 9.93. The quantitative estimate of drug-likeness (QED) is 0.778. The highest BCUT2D eigenvalue weighted by Gasteiger charge is 2.30. The monoisotopic (exact) mass is 194 g/mol. The molecule has 0 aliphatic heterocycles. The highest BCUT2D eigenvalue weighted by atomic mass is 15.4. The third-order valence-corrected chi connectivity index (χ3v) is 3.25. The normalized spacial score (nSPS) is 27.0. The molecule has 1 N–H and O–H groups in total. The Balaban J connectivity index is 2.13. The van der Waals surface area contributed by atoms with Crippen molar-refractivity contribution in [2.75, 3.05) is 13.6 Å². The van der Waals surface area contributed by atoms with E-state index in [0.29, 0.717) is 5.92 Å². The zero-order chi connectivity index (χ0) is 9.97. The molecule has 1 aromatic rings. The van der Waals surface area contributed by atoms with Gasteiger partial charge in [0.2, 0.25) is 0 Å². The molecular weight excluding hydrogens is 176 g/mol. The van der Waals surface area contributed by atoms with E-state index in [1.165, 1.54) is 25.0 Å². The van der Waals surface area contributed by atoms with E-state index in [1.807, 2.05) is 25.0 Å². The van der Waals surface area contributed by atoms with E-state index < -0.39 is 0 Å². The maximum atomic E-state index is 4.00. The molecule has 0 radical (unpaired) electrons. The number of aryl methyl sites for hydroxylation is 1. The van der Waals surface area contributed by atoms with E-state index in [-0.39, 0.29) is 0 Å². The molecule has 78 valence electrons. The largest absolute Gasteiger partial charge is 0.319 e. The molecule has 1 fully saturated rings. The Morgan fingerprint density at radius 1 is 1.57 bits per heavy atom. The molecule has 0 spiro atoms. The lowest BCUT2D eigenvalue weighted by Crippen LogP contribution is -2.22. The van der Waals surface area contributed by atoms with Gasteiger partial charge in [-0.3, -0.25) is 4.68 Å². The van der Waals surface area contributed by atoms with E-state index in [1.54, 1.807) is 0 Å². The van der Waals surface area contributed by atoms with Crippen LogP contribution in [0.1, 0.15) is 30.9 Å². The molecule has 14 heavy (non-hydrogen) atoms. The molecule has 1 aromatic heterocycles. The Bertz CT molecular complexity index is 294. The first-order chi connectivity index (χ1) is 6.83. The lowest BCUT2D eigenvalue weighted by molar-refractivity contribution is 0.442. The van der Waals surface area contributed by atoms with E-state index in [0.717, 1.165) is 12.5 Å². The van der Waals surface area contributed by atoms with Crippen LogP contribution in [0.5, 0.6) is 0 Å². The topological polar surface area (TPSA) is 42.7 Å². The molecule has 0 saturated heterocycles. The zero-order valence-electron chi connectivity index (χ0n) is 8.90. The maximum absolute atomic E-state index is 4.00. The van der Waals surface area contributed by atoms with Crippen LogP contribution in [0.2, 0.25) is 0 Å². The lowest BCUT2D eigenvalue weighted by Gasteiger charge is -2.18. The molecule has 2 unspecified atom stereocenters. The van der Waals surface area contributed by atoms with Crippen molar-refractivity contribution in [1.29, 1.82) is 0 Å². The van der Waals surface area contributed by atoms with Gasteiger partial charge in [-0.05, 0) is 32.4 Å². The average Bonchev–Trinajstić information content (AvgIpc) is 2.74. The van der Waals surface area contributed by atoms with Crippen molar-refractivity contribution in [3.63, 3.8) is 0 Å². The van der Waals surface area contributed by atoms with Crippen molar-refractivity contribution in [1.82, 2.24) is 20.3 Å². The van der Waals surface area contributed by atoms with Gasteiger partial charge in [0, 0.05) is 13.0 Å². The van der Waals surface area contributed by atoms with Crippen LogP contribution < -0.4 is 5.32 Å². The highest BCUT2D eigenvalue weighted by Crippen LogP contribution is 2.38. The predicted octanol–water partition coefficient (Wildman–Crippen LogP) is 0.918. The van der Waals surface area contributed by atoms with Gasteiger partial charge in [0.05, 0.1) is 11.9 Å². The van der Waals surface area contributed by atoms with Crippen molar-refractivity contribution in [2.24, 2.45) is 13.0 Å². The number of rotatable bonds is 3. The summed E-state index contributed by atoms with van der Waals surface area (Å²) in [6.07, 6.45) is 5.87. The van der Waals surface area contributed by atoms with E-state index >= 15 is 0 Å². The second-order valence-corrected chi connectivity index (χ2v) is 4.14. The minimum Gasteiger partial charge on any atom is -0.319 e. The van der Waals surface area contributed by atoms with Crippen LogP contribution in [0, 0.1) is 5.92 Å². The fourth-order valence-electron chi connectivity index (χ4n) is 2.57. The Morgan fingerprint density at radius 2 is 2.43 bits per heavy atom. The minimum atomic E-state index is 0.655. The van der Waals surface area contributed by atoms with Crippen LogP contribution in [0.25, 0.3) is 0 Å². The average molecular weight is 194 g/mol. The van der Waals surface area contributed by atoms with Gasteiger partial charge < -0.3 is 5.32 Å². The Hall–Kier alpha value is -0.900. The van der Waals surface area contributed by atoms with Gasteiger partial charge in [0.1, 0.15) is 0 Å². The molecule has 0 bridgehead atoms. The molecular formula is C10H18N4. The molecule has 1 aliphatic rings. The van der Waals surface area contributed by atoms with Gasteiger partial charge in [-0.25, -0.2) is 0 Å². The van der Waals surface area contributed by atoms with Crippen molar-refractivity contribution >= 4 is 0 Å². The minimum absolute atomic E-state index is 0.655. The third kappa shape index (κ3) is 1.66. The number of hydrogen-bond donors (Lipinski definition) is 1. The van der Waals surface area contributed by atoms with Crippen LogP contribution in [0.4, 0.5) is 0 Å². The summed E-state index contributed by atoms with van der Waals surface area (Å²) < 4.78 is 1.92. The molecule has 0 aromatic carbocycles. The first-order valence-corrected chi connectivity index (χ1v) is 5.32. The third-order valence-electron chi connectivity index (χ3n) is 3.25. The van der Waals surface area contributed by atoms with Crippen molar-refractivity contribution in [2.45, 2.75) is 25.2 Å². The number of nitrogens with zero attached hydrogens (tertiary/aromatic N) is 3. The van der Waals surface area contributed by atoms with Crippen LogP contribution in [0.15, 0.2) is 6.20 Å². The van der Waals surface area contributed by atoms with Crippen molar-refractivity contribution in [3.05, 3.63) is 11.9 Å². The molecule has 1 heterocycles. The van der Waals surface area contributed by atoms with Crippen molar-refractivity contribution in [3.8, 4) is 0 Å². The summed E-state index contributed by atoms with van der Waals surface area (Å²) in [5.74, 6) is 1.42. The second kappa shape index (κ2) is 4.09. The van der Waals surface area contributed by atoms with Gasteiger partial charge >= 0.3 is 0 Å². The van der Waals surface area contributed by atoms with Gasteiger partial charge in [-0.2, -0.15) is 0 Å². The summed E-state index contributed by atoms with van der Waals surface area (Å²) in [5, 5.41) is 11.2. The fraction of sp³-hybridized carbons (Fsp3) is 0.800. The fourth-order valence-corrected chi connectivity index (χ4v) is 2.57. The van der Waals surface area contributed by atoms with Gasteiger partial charge in [0.15, 0.2) is 0 Å². The zero-order valence-corrected chi connectivity index (χ0v) is 8.90. The van der Waals surface area contributed by atoms with E-state index in [9.17, 15) is 0 Å². The van der Waals surface area contributed by atoms with Gasteiger partial charge in [0.25, 0.3) is 0 Å². The summed E-state index contributed by atoms with van der Waals surface area (Å²) in [6, 6.07) is 0. The Labute approximate surface area is 84.7 Å². The Kier molecular flexibility index (Phi) is 2.82. The van der Waals surface area contributed by atoms with Crippen LogP contribution in [-0.2, 0) is 7.05 Å². The smallest absolute Gasteiger partial charge is 0.0728 e. The SMILES string of the molecule is CNCC1CCCC1c1cnnn1C. The van der Waals surface area contributed by atoms with E-state index in [2.05, 4.69) is 15.6 Å². The maximum Gasteiger partial charge on any atom is 0.0728 e. The molecule has 1 aliphatic carbocycles. The predicted molar refractivity (Wildman–Crippen MR) is 55.0 cm³/mol. The summed E-state index contributed by atoms with van der Waals surface area (Å²) in [7, 11) is 4.01. The van der Waals surface area contributed by atoms with Crippen molar-refractivity contribution < 1.29 is 0 Å². The van der Waals surface area contributed by atoms with Crippen LogP contribution in [-0.4, -0.2) is 28.6 Å². The second-order valence-electron chi connectivity index (χ2n) is 4.14. The molecule has 4 heteroatoms. The van der Waals surface area contributed by atoms with Crippen LogP contribution >= 0.6 is 0 Å².